The Morgan fingerprint density at radius 2 is 1.46 bits per heavy atom. The summed E-state index contributed by atoms with van der Waals surface area (Å²) in [5, 5.41) is 14.2. The van der Waals surface area contributed by atoms with Crippen LogP contribution in [0.15, 0.2) is 0 Å². The largest absolute Gasteiger partial charge is 0.487 e. The highest BCUT2D eigenvalue weighted by Gasteiger charge is 1.90. The predicted molar refractivity (Wildman–Crippen MR) is 60.6 cm³/mol. The topological polar surface area (TPSA) is 102 Å². The first-order valence-electron chi connectivity index (χ1n) is 3.25. The van der Waals surface area contributed by atoms with Gasteiger partial charge in [0.15, 0.2) is 0 Å². The molecule has 13 heavy (non-hydrogen) atoms. The van der Waals surface area contributed by atoms with Crippen LogP contribution in [0.25, 0.3) is 0 Å². The molecule has 0 atom stereocenters. The number of thiocarbonyl (C=S) groups is 2. The molecule has 0 aliphatic heterocycles. The third-order valence-corrected chi connectivity index (χ3v) is 0.448. The van der Waals surface area contributed by atoms with E-state index in [0.717, 1.165) is 7.11 Å². The molecule has 0 amide bonds. The highest BCUT2D eigenvalue weighted by Crippen LogP contribution is 1.84. The molecule has 0 aliphatic carbocycles. The van der Waals surface area contributed by atoms with Gasteiger partial charge in [-0.05, 0) is 38.3 Å². The average Bonchev–Trinajstić information content (AvgIpc) is 1.87. The summed E-state index contributed by atoms with van der Waals surface area (Å²) in [7, 11) is 1.00. The Morgan fingerprint density at radius 1 is 1.23 bits per heavy atom. The first-order valence-corrected chi connectivity index (χ1v) is 4.07. The molecule has 0 saturated heterocycles. The van der Waals surface area contributed by atoms with Crippen molar-refractivity contribution >= 4 is 34.8 Å². The summed E-state index contributed by atoms with van der Waals surface area (Å²) in [6.45, 7) is 3.75. The molecule has 0 aromatic rings. The summed E-state index contributed by atoms with van der Waals surface area (Å²) in [6, 6.07) is 0. The van der Waals surface area contributed by atoms with E-state index in [0.29, 0.717) is 0 Å². The zero-order valence-corrected chi connectivity index (χ0v) is 9.48. The number of aliphatic hydroxyl groups excluding tert-OH is 2. The molecule has 7 heteroatoms. The van der Waals surface area contributed by atoms with Crippen LogP contribution >= 0.6 is 24.4 Å². The Bertz CT molecular complexity index is 138. The minimum Gasteiger partial charge on any atom is -0.487 e. The van der Waals surface area contributed by atoms with Gasteiger partial charge in [0, 0.05) is 7.11 Å². The second-order valence-corrected chi connectivity index (χ2v) is 2.64. The second-order valence-electron chi connectivity index (χ2n) is 1.82. The molecule has 0 unspecified atom stereocenters. The lowest BCUT2D eigenvalue weighted by molar-refractivity contribution is 0.232. The fraction of sp³-hybridized carbons (Fsp3) is 0.667. The van der Waals surface area contributed by atoms with Crippen LogP contribution in [-0.2, 0) is 4.74 Å². The van der Waals surface area contributed by atoms with E-state index in [1.54, 1.807) is 0 Å². The van der Waals surface area contributed by atoms with Gasteiger partial charge < -0.3 is 26.4 Å². The molecule has 0 aliphatic rings. The van der Waals surface area contributed by atoms with Crippen molar-refractivity contribution in [2.75, 3.05) is 7.11 Å². The summed E-state index contributed by atoms with van der Waals surface area (Å²) < 4.78 is 4.76. The van der Waals surface area contributed by atoms with Gasteiger partial charge in [-0.15, -0.1) is 0 Å². The zero-order valence-electron chi connectivity index (χ0n) is 7.85. The first kappa shape index (κ1) is 18.2. The summed E-state index contributed by atoms with van der Waals surface area (Å²) in [6.07, 6.45) is 0.109. The van der Waals surface area contributed by atoms with Crippen LogP contribution in [0, 0.1) is 0 Å². The molecule has 0 rings (SSSR count). The van der Waals surface area contributed by atoms with Crippen molar-refractivity contribution < 1.29 is 14.9 Å². The number of nitrogens with two attached hydrogens (primary N) is 2. The van der Waals surface area contributed by atoms with E-state index in [1.165, 1.54) is 0 Å². The normalized spacial score (nSPS) is 7.15. The summed E-state index contributed by atoms with van der Waals surface area (Å²) >= 11 is 8.30. The van der Waals surface area contributed by atoms with Crippen LogP contribution in [0.4, 0.5) is 0 Å². The number of hydrogen-bond donors (Lipinski definition) is 4. The molecule has 6 N–H and O–H groups in total. The SMILES string of the molecule is CC(C)OC(N)=S.CO.NC(O)=S. The number of hydrogen-bond acceptors (Lipinski definition) is 4. The van der Waals surface area contributed by atoms with E-state index in [-0.39, 0.29) is 11.3 Å². The minimum atomic E-state index is -0.500. The Hall–Kier alpha value is -0.660. The van der Waals surface area contributed by atoms with Crippen LogP contribution in [0.5, 0.6) is 0 Å². The van der Waals surface area contributed by atoms with Gasteiger partial charge in [0.25, 0.3) is 10.3 Å². The quantitative estimate of drug-likeness (QED) is 0.470. The Labute approximate surface area is 88.7 Å². The highest BCUT2D eigenvalue weighted by molar-refractivity contribution is 7.80. The van der Waals surface area contributed by atoms with Crippen molar-refractivity contribution in [2.45, 2.75) is 20.0 Å². The van der Waals surface area contributed by atoms with Crippen LogP contribution in [0.2, 0.25) is 0 Å². The monoisotopic (exact) mass is 228 g/mol. The maximum atomic E-state index is 7.56. The van der Waals surface area contributed by atoms with Gasteiger partial charge in [0.05, 0.1) is 6.10 Å². The van der Waals surface area contributed by atoms with E-state index in [9.17, 15) is 0 Å². The van der Waals surface area contributed by atoms with E-state index in [2.05, 4.69) is 30.2 Å². The molecule has 0 bridgehead atoms. The summed E-state index contributed by atoms with van der Waals surface area (Å²) in [5.41, 5.74) is 9.40. The Balaban J connectivity index is -0.000000142. The van der Waals surface area contributed by atoms with Gasteiger partial charge in [-0.2, -0.15) is 0 Å². The maximum Gasteiger partial charge on any atom is 0.254 e. The standard InChI is InChI=1S/C4H9NOS.CH3NOS.CH4O/c1-3(2)6-4(5)7;2-1(3)4;1-2/h3H,1-2H3,(H2,5,7);(H3,2,3,4);2H,1H3. The molecule has 0 saturated carbocycles. The molecule has 0 heterocycles. The van der Waals surface area contributed by atoms with E-state index < -0.39 is 5.17 Å². The molecule has 80 valence electrons. The van der Waals surface area contributed by atoms with Gasteiger partial charge in [-0.3, -0.25) is 0 Å². The number of rotatable bonds is 1. The average molecular weight is 228 g/mol. The first-order chi connectivity index (χ1) is 5.86. The van der Waals surface area contributed by atoms with Gasteiger partial charge in [0.1, 0.15) is 0 Å². The lowest BCUT2D eigenvalue weighted by atomic mass is 10.5. The number of ether oxygens (including phenoxy) is 1. The van der Waals surface area contributed by atoms with Gasteiger partial charge in [0.2, 0.25) is 0 Å². The Morgan fingerprint density at radius 3 is 1.46 bits per heavy atom. The molecule has 0 fully saturated rings. The fourth-order valence-corrected chi connectivity index (χ4v) is 0.425. The lowest BCUT2D eigenvalue weighted by Gasteiger charge is -2.04. The molecular weight excluding hydrogens is 212 g/mol. The molecule has 0 aromatic heterocycles. The van der Waals surface area contributed by atoms with E-state index >= 15 is 0 Å². The number of aliphatic hydroxyl groups is 2. The van der Waals surface area contributed by atoms with Gasteiger partial charge >= 0.3 is 0 Å². The fourth-order valence-electron chi connectivity index (χ4n) is 0.232. The van der Waals surface area contributed by atoms with Crippen molar-refractivity contribution in [1.29, 1.82) is 0 Å². The molecule has 0 radical (unpaired) electrons. The lowest BCUT2D eigenvalue weighted by Crippen LogP contribution is -2.17. The van der Waals surface area contributed by atoms with E-state index in [4.69, 9.17) is 20.7 Å². The Kier molecular flexibility index (Phi) is 19.4. The van der Waals surface area contributed by atoms with Gasteiger partial charge in [-0.1, -0.05) is 0 Å². The third-order valence-electron chi connectivity index (χ3n) is 0.352. The van der Waals surface area contributed by atoms with Crippen molar-refractivity contribution in [3.05, 3.63) is 0 Å². The molecule has 0 spiro atoms. The zero-order chi connectivity index (χ0) is 11.4. The van der Waals surface area contributed by atoms with Crippen molar-refractivity contribution in [2.24, 2.45) is 11.5 Å². The van der Waals surface area contributed by atoms with Crippen LogP contribution in [0.1, 0.15) is 13.8 Å². The maximum absolute atomic E-state index is 7.56. The predicted octanol–water partition coefficient (Wildman–Crippen LogP) is 0.0515. The van der Waals surface area contributed by atoms with Crippen LogP contribution < -0.4 is 11.5 Å². The van der Waals surface area contributed by atoms with Gasteiger partial charge in [-0.25, -0.2) is 0 Å². The third kappa shape index (κ3) is 88.7. The van der Waals surface area contributed by atoms with Crippen LogP contribution in [-0.4, -0.2) is 33.8 Å². The smallest absolute Gasteiger partial charge is 0.254 e. The second kappa shape index (κ2) is 13.9. The van der Waals surface area contributed by atoms with Crippen molar-refractivity contribution in [3.63, 3.8) is 0 Å². The summed E-state index contributed by atoms with van der Waals surface area (Å²) in [4.78, 5) is 0. The van der Waals surface area contributed by atoms with E-state index in [1.807, 2.05) is 13.8 Å². The van der Waals surface area contributed by atoms with Crippen LogP contribution in [0.3, 0.4) is 0 Å². The highest BCUT2D eigenvalue weighted by atomic mass is 32.1. The van der Waals surface area contributed by atoms with Crippen molar-refractivity contribution in [3.8, 4) is 0 Å². The molecular formula is C6H16N2O3S2. The summed E-state index contributed by atoms with van der Waals surface area (Å²) in [5.74, 6) is 0. The van der Waals surface area contributed by atoms with Crippen molar-refractivity contribution in [1.82, 2.24) is 0 Å². The molecule has 5 nitrogen and oxygen atoms in total. The minimum absolute atomic E-state index is 0.109. The molecule has 0 aromatic carbocycles.